The van der Waals surface area contributed by atoms with Gasteiger partial charge in [0.15, 0.2) is 0 Å². The Labute approximate surface area is 178 Å². The van der Waals surface area contributed by atoms with E-state index in [4.69, 9.17) is 0 Å². The molecule has 1 saturated heterocycles. The largest absolute Gasteiger partial charge is 0.349 e. The third-order valence-corrected chi connectivity index (χ3v) is 5.68. The lowest BCUT2D eigenvalue weighted by Gasteiger charge is -2.32. The van der Waals surface area contributed by atoms with Crippen molar-refractivity contribution in [3.8, 4) is 0 Å². The van der Waals surface area contributed by atoms with Crippen molar-refractivity contribution in [2.45, 2.75) is 18.9 Å². The zero-order valence-electron chi connectivity index (χ0n) is 16.4. The van der Waals surface area contributed by atoms with Crippen LogP contribution in [0, 0.1) is 0 Å². The predicted octanol–water partition coefficient (Wildman–Crippen LogP) is 1.02. The summed E-state index contributed by atoms with van der Waals surface area (Å²) in [6.07, 6.45) is 1.32. The van der Waals surface area contributed by atoms with Gasteiger partial charge in [-0.25, -0.2) is 0 Å². The van der Waals surface area contributed by atoms with E-state index in [2.05, 4.69) is 16.0 Å². The summed E-state index contributed by atoms with van der Waals surface area (Å²) in [6, 6.07) is 12.5. The van der Waals surface area contributed by atoms with Crippen LogP contribution in [0.25, 0.3) is 0 Å². The smallest absolute Gasteiger partial charge is 0.261 e. The first-order valence-corrected chi connectivity index (χ1v) is 10.6. The first kappa shape index (κ1) is 21.5. The highest BCUT2D eigenvalue weighted by Crippen LogP contribution is 2.11. The van der Waals surface area contributed by atoms with Gasteiger partial charge in [0.05, 0.1) is 18.0 Å². The number of rotatable bonds is 7. The molecule has 1 aromatic carbocycles. The van der Waals surface area contributed by atoms with Crippen molar-refractivity contribution in [3.05, 3.63) is 58.3 Å². The fourth-order valence-corrected chi connectivity index (χ4v) is 3.78. The van der Waals surface area contributed by atoms with Crippen LogP contribution < -0.4 is 16.0 Å². The number of carbonyl (C=O) groups is 4. The van der Waals surface area contributed by atoms with Crippen molar-refractivity contribution >= 4 is 35.0 Å². The van der Waals surface area contributed by atoms with Gasteiger partial charge in [0.2, 0.25) is 11.8 Å². The van der Waals surface area contributed by atoms with Gasteiger partial charge in [-0.3, -0.25) is 19.2 Å². The molecular formula is C21H24N4O4S. The van der Waals surface area contributed by atoms with Gasteiger partial charge >= 0.3 is 0 Å². The van der Waals surface area contributed by atoms with Crippen LogP contribution in [0.4, 0.5) is 0 Å². The molecule has 158 valence electrons. The van der Waals surface area contributed by atoms with Gasteiger partial charge < -0.3 is 20.9 Å². The number of nitrogens with one attached hydrogen (secondary N) is 3. The van der Waals surface area contributed by atoms with Gasteiger partial charge in [-0.2, -0.15) is 0 Å². The SMILES string of the molecule is O=C(CNC(=O)c1cccs1)NCC(=O)N1CCC(NC(=O)c2ccccc2)CC1. The summed E-state index contributed by atoms with van der Waals surface area (Å²) in [5.41, 5.74) is 0.616. The van der Waals surface area contributed by atoms with Crippen LogP contribution in [0.1, 0.15) is 32.9 Å². The van der Waals surface area contributed by atoms with Crippen molar-refractivity contribution in [1.29, 1.82) is 0 Å². The minimum atomic E-state index is -0.418. The van der Waals surface area contributed by atoms with Crippen LogP contribution in [0.15, 0.2) is 47.8 Å². The number of piperidine rings is 1. The number of hydrogen-bond acceptors (Lipinski definition) is 5. The monoisotopic (exact) mass is 428 g/mol. The average Bonchev–Trinajstić information content (AvgIpc) is 3.32. The number of hydrogen-bond donors (Lipinski definition) is 3. The molecule has 2 aromatic rings. The maximum Gasteiger partial charge on any atom is 0.261 e. The number of carbonyl (C=O) groups excluding carboxylic acids is 4. The fourth-order valence-electron chi connectivity index (χ4n) is 3.14. The summed E-state index contributed by atoms with van der Waals surface area (Å²) in [5.74, 6) is -1.03. The Morgan fingerprint density at radius 3 is 2.30 bits per heavy atom. The molecule has 0 atom stereocenters. The molecule has 0 unspecified atom stereocenters. The van der Waals surface area contributed by atoms with E-state index >= 15 is 0 Å². The Morgan fingerprint density at radius 2 is 1.63 bits per heavy atom. The molecule has 0 aliphatic carbocycles. The molecular weight excluding hydrogens is 404 g/mol. The van der Waals surface area contributed by atoms with Crippen LogP contribution in [-0.2, 0) is 9.59 Å². The number of likely N-dealkylation sites (tertiary alicyclic amines) is 1. The minimum absolute atomic E-state index is 0.0174. The van der Waals surface area contributed by atoms with Gasteiger partial charge in [-0.15, -0.1) is 11.3 Å². The van der Waals surface area contributed by atoms with E-state index in [0.717, 1.165) is 0 Å². The molecule has 1 aliphatic rings. The summed E-state index contributed by atoms with van der Waals surface area (Å²) < 4.78 is 0. The lowest BCUT2D eigenvalue weighted by molar-refractivity contribution is -0.133. The summed E-state index contributed by atoms with van der Waals surface area (Å²) in [7, 11) is 0. The molecule has 8 nitrogen and oxygen atoms in total. The highest BCUT2D eigenvalue weighted by Gasteiger charge is 2.24. The maximum atomic E-state index is 12.3. The van der Waals surface area contributed by atoms with E-state index in [1.54, 1.807) is 34.5 Å². The third kappa shape index (κ3) is 6.15. The van der Waals surface area contributed by atoms with Gasteiger partial charge in [0.25, 0.3) is 11.8 Å². The average molecular weight is 429 g/mol. The van der Waals surface area contributed by atoms with Crippen molar-refractivity contribution < 1.29 is 19.2 Å². The molecule has 1 aromatic heterocycles. The van der Waals surface area contributed by atoms with Crippen molar-refractivity contribution in [2.24, 2.45) is 0 Å². The van der Waals surface area contributed by atoms with Crippen molar-refractivity contribution in [3.63, 3.8) is 0 Å². The van der Waals surface area contributed by atoms with Crippen molar-refractivity contribution in [2.75, 3.05) is 26.2 Å². The zero-order valence-corrected chi connectivity index (χ0v) is 17.2. The van der Waals surface area contributed by atoms with Crippen LogP contribution in [0.3, 0.4) is 0 Å². The lowest BCUT2D eigenvalue weighted by Crippen LogP contribution is -2.49. The summed E-state index contributed by atoms with van der Waals surface area (Å²) in [4.78, 5) is 50.4. The highest BCUT2D eigenvalue weighted by atomic mass is 32.1. The molecule has 0 radical (unpaired) electrons. The summed E-state index contributed by atoms with van der Waals surface area (Å²) in [6.45, 7) is 0.736. The minimum Gasteiger partial charge on any atom is -0.349 e. The molecule has 9 heteroatoms. The standard InChI is InChI=1S/C21H24N4O4S/c26-18(13-23-21(29)17-7-4-12-30-17)22-14-19(27)25-10-8-16(9-11-25)24-20(28)15-5-2-1-3-6-15/h1-7,12,16H,8-11,13-14H2,(H,22,26)(H,23,29)(H,24,28). The maximum absolute atomic E-state index is 12.3. The molecule has 0 spiro atoms. The molecule has 2 heterocycles. The van der Waals surface area contributed by atoms with Crippen molar-refractivity contribution in [1.82, 2.24) is 20.9 Å². The van der Waals surface area contributed by atoms with Crippen LogP contribution >= 0.6 is 11.3 Å². The first-order valence-electron chi connectivity index (χ1n) is 9.75. The molecule has 1 aliphatic heterocycles. The van der Waals surface area contributed by atoms with E-state index in [-0.39, 0.29) is 36.9 Å². The molecule has 0 bridgehead atoms. The Morgan fingerprint density at radius 1 is 0.900 bits per heavy atom. The fraction of sp³-hybridized carbons (Fsp3) is 0.333. The Balaban J connectivity index is 1.33. The Hall–Kier alpha value is -3.20. The second-order valence-electron chi connectivity index (χ2n) is 6.93. The predicted molar refractivity (Wildman–Crippen MR) is 113 cm³/mol. The van der Waals surface area contributed by atoms with Crippen LogP contribution in [0.5, 0.6) is 0 Å². The van der Waals surface area contributed by atoms with Gasteiger partial charge in [0.1, 0.15) is 0 Å². The van der Waals surface area contributed by atoms with Gasteiger partial charge in [-0.1, -0.05) is 24.3 Å². The van der Waals surface area contributed by atoms with Gasteiger partial charge in [0, 0.05) is 24.7 Å². The third-order valence-electron chi connectivity index (χ3n) is 4.81. The van der Waals surface area contributed by atoms with Crippen LogP contribution in [0.2, 0.25) is 0 Å². The number of amides is 4. The van der Waals surface area contributed by atoms with E-state index < -0.39 is 5.91 Å². The quantitative estimate of drug-likeness (QED) is 0.612. The molecule has 3 N–H and O–H groups in total. The van der Waals surface area contributed by atoms with E-state index in [1.165, 1.54) is 11.3 Å². The Bertz CT molecular complexity index is 878. The highest BCUT2D eigenvalue weighted by molar-refractivity contribution is 7.12. The molecule has 3 rings (SSSR count). The zero-order chi connectivity index (χ0) is 21.3. The molecule has 0 saturated carbocycles. The number of thiophene rings is 1. The summed E-state index contributed by atoms with van der Waals surface area (Å²) >= 11 is 1.29. The summed E-state index contributed by atoms with van der Waals surface area (Å²) in [5, 5.41) is 9.83. The second kappa shape index (κ2) is 10.5. The first-order chi connectivity index (χ1) is 14.5. The normalized spacial score (nSPS) is 14.1. The van der Waals surface area contributed by atoms with E-state index in [9.17, 15) is 19.2 Å². The Kier molecular flexibility index (Phi) is 7.56. The lowest BCUT2D eigenvalue weighted by atomic mass is 10.0. The molecule has 4 amide bonds. The second-order valence-corrected chi connectivity index (χ2v) is 7.88. The van der Waals surface area contributed by atoms with E-state index in [1.807, 2.05) is 18.2 Å². The number of nitrogens with zero attached hydrogens (tertiary/aromatic N) is 1. The van der Waals surface area contributed by atoms with E-state index in [0.29, 0.717) is 36.4 Å². The molecule has 30 heavy (non-hydrogen) atoms. The topological polar surface area (TPSA) is 108 Å². The molecule has 1 fully saturated rings. The number of benzene rings is 1. The van der Waals surface area contributed by atoms with Crippen LogP contribution in [-0.4, -0.2) is 60.7 Å². The van der Waals surface area contributed by atoms with Gasteiger partial charge in [-0.05, 0) is 36.4 Å².